The molecule has 0 spiro atoms. The van der Waals surface area contributed by atoms with E-state index in [1.54, 1.807) is 0 Å². The first kappa shape index (κ1) is 10.3. The first-order valence-corrected chi connectivity index (χ1v) is 5.00. The van der Waals surface area contributed by atoms with Crippen molar-refractivity contribution in [1.29, 1.82) is 0 Å². The highest BCUT2D eigenvalue weighted by Crippen LogP contribution is 2.17. The Morgan fingerprint density at radius 3 is 2.23 bits per heavy atom. The van der Waals surface area contributed by atoms with Gasteiger partial charge in [-0.15, -0.1) is 0 Å². The maximum atomic E-state index is 10.8. The molecule has 0 aromatic heterocycles. The third-order valence-corrected chi connectivity index (χ3v) is 2.27. The van der Waals surface area contributed by atoms with Gasteiger partial charge in [0.15, 0.2) is 0 Å². The van der Waals surface area contributed by atoms with Gasteiger partial charge in [0, 0.05) is 5.02 Å². The minimum Gasteiger partial charge on any atom is -0.362 e. The zero-order valence-electron chi connectivity index (χ0n) is 6.73. The van der Waals surface area contributed by atoms with Gasteiger partial charge in [0.1, 0.15) is 5.75 Å². The summed E-state index contributed by atoms with van der Waals surface area (Å²) >= 11 is 5.58. The Balaban J connectivity index is 2.82. The summed E-state index contributed by atoms with van der Waals surface area (Å²) in [7, 11) is -2.91. The molecule has 72 valence electrons. The van der Waals surface area contributed by atoms with Crippen molar-refractivity contribution in [2.75, 3.05) is 7.11 Å². The first-order valence-electron chi connectivity index (χ1n) is 3.29. The summed E-state index contributed by atoms with van der Waals surface area (Å²) in [5, 5.41) is 0.502. The Bertz CT molecular complexity index is 370. The average Bonchev–Trinajstić information content (AvgIpc) is 2.09. The zero-order chi connectivity index (χ0) is 9.90. The van der Waals surface area contributed by atoms with E-state index in [1.165, 1.54) is 24.3 Å². The van der Waals surface area contributed by atoms with E-state index in [0.717, 1.165) is 7.11 Å². The quantitative estimate of drug-likeness (QED) is 0.780. The second kappa shape index (κ2) is 3.95. The van der Waals surface area contributed by atoms with Crippen LogP contribution in [-0.4, -0.2) is 15.5 Å². The van der Waals surface area contributed by atoms with Crippen LogP contribution >= 0.6 is 11.6 Å². The van der Waals surface area contributed by atoms with Crippen LogP contribution in [0, 0.1) is 0 Å². The van der Waals surface area contributed by atoms with Gasteiger partial charge >= 0.3 is 10.4 Å². The van der Waals surface area contributed by atoms with Crippen molar-refractivity contribution >= 4 is 22.0 Å². The number of hydrogen-bond acceptors (Lipinski definition) is 4. The standard InChI is InChI=1S/C7H7ClO4S/c1-11-13(9,10)12-7-4-2-6(8)3-5-7/h2-5H,1H3. The Kier molecular flexibility index (Phi) is 3.13. The molecule has 4 nitrogen and oxygen atoms in total. The highest BCUT2D eigenvalue weighted by Gasteiger charge is 2.09. The molecule has 0 aliphatic carbocycles. The lowest BCUT2D eigenvalue weighted by molar-refractivity contribution is 0.330. The van der Waals surface area contributed by atoms with E-state index in [9.17, 15) is 8.42 Å². The van der Waals surface area contributed by atoms with Crippen molar-refractivity contribution in [3.8, 4) is 5.75 Å². The maximum absolute atomic E-state index is 10.8. The van der Waals surface area contributed by atoms with Crippen molar-refractivity contribution in [1.82, 2.24) is 0 Å². The second-order valence-electron chi connectivity index (χ2n) is 2.11. The summed E-state index contributed by atoms with van der Waals surface area (Å²) in [5.41, 5.74) is 0. The molecule has 0 fully saturated rings. The molecule has 0 heterocycles. The molecule has 0 atom stereocenters. The third kappa shape index (κ3) is 3.22. The van der Waals surface area contributed by atoms with E-state index in [2.05, 4.69) is 8.37 Å². The van der Waals surface area contributed by atoms with Crippen LogP contribution in [0.15, 0.2) is 24.3 Å². The fourth-order valence-corrected chi connectivity index (χ4v) is 1.18. The lowest BCUT2D eigenvalue weighted by Gasteiger charge is -2.03. The molecule has 0 saturated carbocycles. The summed E-state index contributed by atoms with van der Waals surface area (Å²) in [6, 6.07) is 5.89. The van der Waals surface area contributed by atoms with Crippen LogP contribution in [-0.2, 0) is 14.6 Å². The van der Waals surface area contributed by atoms with Gasteiger partial charge in [-0.1, -0.05) is 11.6 Å². The van der Waals surface area contributed by atoms with Crippen LogP contribution in [0.4, 0.5) is 0 Å². The highest BCUT2D eigenvalue weighted by molar-refractivity contribution is 7.82. The van der Waals surface area contributed by atoms with Gasteiger partial charge in [-0.2, -0.15) is 8.42 Å². The monoisotopic (exact) mass is 222 g/mol. The Hall–Kier alpha value is -0.780. The molecule has 0 saturated heterocycles. The van der Waals surface area contributed by atoms with Crippen LogP contribution in [0.1, 0.15) is 0 Å². The molecule has 0 amide bonds. The molecule has 13 heavy (non-hydrogen) atoms. The lowest BCUT2D eigenvalue weighted by Crippen LogP contribution is -2.10. The van der Waals surface area contributed by atoms with Gasteiger partial charge in [-0.3, -0.25) is 0 Å². The second-order valence-corrected chi connectivity index (χ2v) is 3.87. The Morgan fingerprint density at radius 2 is 1.77 bits per heavy atom. The zero-order valence-corrected chi connectivity index (χ0v) is 8.30. The number of benzene rings is 1. The van der Waals surface area contributed by atoms with E-state index in [0.29, 0.717) is 5.02 Å². The SMILES string of the molecule is COS(=O)(=O)Oc1ccc(Cl)cc1. The molecular formula is C7H7ClO4S. The van der Waals surface area contributed by atoms with Crippen LogP contribution in [0.3, 0.4) is 0 Å². The largest absolute Gasteiger partial charge is 0.448 e. The van der Waals surface area contributed by atoms with Crippen LogP contribution < -0.4 is 4.18 Å². The Labute approximate surface area is 81.4 Å². The smallest absolute Gasteiger partial charge is 0.362 e. The maximum Gasteiger partial charge on any atom is 0.448 e. The van der Waals surface area contributed by atoms with E-state index in [4.69, 9.17) is 11.6 Å². The minimum atomic E-state index is -3.93. The molecule has 0 aliphatic heterocycles. The van der Waals surface area contributed by atoms with Crippen LogP contribution in [0.2, 0.25) is 5.02 Å². The summed E-state index contributed by atoms with van der Waals surface area (Å²) in [6.45, 7) is 0. The van der Waals surface area contributed by atoms with E-state index in [-0.39, 0.29) is 5.75 Å². The van der Waals surface area contributed by atoms with Crippen molar-refractivity contribution in [3.05, 3.63) is 29.3 Å². The van der Waals surface area contributed by atoms with E-state index >= 15 is 0 Å². The summed E-state index contributed by atoms with van der Waals surface area (Å²) in [6.07, 6.45) is 0. The van der Waals surface area contributed by atoms with Crippen LogP contribution in [0.25, 0.3) is 0 Å². The summed E-state index contributed by atoms with van der Waals surface area (Å²) < 4.78 is 30.1. The van der Waals surface area contributed by atoms with E-state index in [1.807, 2.05) is 0 Å². The first-order chi connectivity index (χ1) is 6.03. The molecule has 0 aliphatic rings. The van der Waals surface area contributed by atoms with Gasteiger partial charge < -0.3 is 4.18 Å². The topological polar surface area (TPSA) is 52.6 Å². The number of rotatable bonds is 3. The fourth-order valence-electron chi connectivity index (χ4n) is 0.642. The van der Waals surface area contributed by atoms with Crippen LogP contribution in [0.5, 0.6) is 5.75 Å². The number of hydrogen-bond donors (Lipinski definition) is 0. The molecule has 0 unspecified atom stereocenters. The molecule has 0 bridgehead atoms. The Morgan fingerprint density at radius 1 is 1.23 bits per heavy atom. The third-order valence-electron chi connectivity index (χ3n) is 1.22. The highest BCUT2D eigenvalue weighted by atomic mass is 35.5. The van der Waals surface area contributed by atoms with Crippen molar-refractivity contribution in [2.45, 2.75) is 0 Å². The van der Waals surface area contributed by atoms with Gasteiger partial charge in [-0.05, 0) is 24.3 Å². The molecular weight excluding hydrogens is 216 g/mol. The van der Waals surface area contributed by atoms with Gasteiger partial charge in [0.2, 0.25) is 0 Å². The van der Waals surface area contributed by atoms with E-state index < -0.39 is 10.4 Å². The van der Waals surface area contributed by atoms with Crippen molar-refractivity contribution < 1.29 is 16.8 Å². The lowest BCUT2D eigenvalue weighted by atomic mass is 10.3. The fraction of sp³-hybridized carbons (Fsp3) is 0.143. The molecule has 0 radical (unpaired) electrons. The average molecular weight is 223 g/mol. The molecule has 6 heteroatoms. The molecule has 1 aromatic rings. The summed E-state index contributed by atoms with van der Waals surface area (Å²) in [4.78, 5) is 0. The predicted molar refractivity (Wildman–Crippen MR) is 48.0 cm³/mol. The summed E-state index contributed by atoms with van der Waals surface area (Å²) in [5.74, 6) is 0.159. The van der Waals surface area contributed by atoms with Crippen molar-refractivity contribution in [3.63, 3.8) is 0 Å². The predicted octanol–water partition coefficient (Wildman–Crippen LogP) is 1.61. The minimum absolute atomic E-state index is 0.159. The molecule has 0 N–H and O–H groups in total. The molecule has 1 rings (SSSR count). The normalized spacial score (nSPS) is 11.2. The van der Waals surface area contributed by atoms with Crippen molar-refractivity contribution in [2.24, 2.45) is 0 Å². The molecule has 1 aromatic carbocycles. The van der Waals surface area contributed by atoms with Gasteiger partial charge in [0.25, 0.3) is 0 Å². The van der Waals surface area contributed by atoms with Gasteiger partial charge in [-0.25, -0.2) is 4.18 Å². The van der Waals surface area contributed by atoms with Gasteiger partial charge in [0.05, 0.1) is 7.11 Å². The number of halogens is 1.